The third-order valence-corrected chi connectivity index (χ3v) is 8.76. The van der Waals surface area contributed by atoms with E-state index in [4.69, 9.17) is 0 Å². The molecule has 4 aromatic rings. The fraction of sp³-hybridized carbons (Fsp3) is 0.333. The zero-order valence-electron chi connectivity index (χ0n) is 23.7. The number of carbonyl (C=O) groups excluding carboxylic acids is 3. The Balaban J connectivity index is 0.000000234. The van der Waals surface area contributed by atoms with Crippen molar-refractivity contribution in [2.75, 3.05) is 22.9 Å². The Morgan fingerprint density at radius 2 is 1.73 bits per heavy atom. The molecule has 0 radical (unpaired) electrons. The average Bonchev–Trinajstić information content (AvgIpc) is 3.67. The van der Waals surface area contributed by atoms with Gasteiger partial charge in [0.15, 0.2) is 5.78 Å². The van der Waals surface area contributed by atoms with Crippen molar-refractivity contribution in [3.05, 3.63) is 88.0 Å². The molecule has 41 heavy (non-hydrogen) atoms. The first-order chi connectivity index (χ1) is 19.8. The molecule has 8 heteroatoms. The van der Waals surface area contributed by atoms with Gasteiger partial charge in [0.1, 0.15) is 6.54 Å². The first-order valence-electron chi connectivity index (χ1n) is 14.2. The summed E-state index contributed by atoms with van der Waals surface area (Å²) >= 11 is 3.70. The minimum atomic E-state index is -0.540. The van der Waals surface area contributed by atoms with E-state index in [1.807, 2.05) is 53.4 Å². The summed E-state index contributed by atoms with van der Waals surface area (Å²) in [6, 6.07) is 19.5. The van der Waals surface area contributed by atoms with Gasteiger partial charge in [0, 0.05) is 38.9 Å². The van der Waals surface area contributed by atoms with Crippen LogP contribution in [-0.2, 0) is 21.4 Å². The van der Waals surface area contributed by atoms with E-state index in [2.05, 4.69) is 46.0 Å². The molecule has 0 bridgehead atoms. The number of nitrogens with one attached hydrogen (secondary N) is 1. The molecule has 0 spiro atoms. The third-order valence-electron chi connectivity index (χ3n) is 8.10. The summed E-state index contributed by atoms with van der Waals surface area (Å²) in [6.07, 6.45) is 6.02. The molecular weight excluding hydrogens is 580 g/mol. The number of rotatable bonds is 7. The molecule has 2 aliphatic heterocycles. The second-order valence-corrected chi connectivity index (χ2v) is 11.6. The summed E-state index contributed by atoms with van der Waals surface area (Å²) in [5, 5.41) is 7.66. The zero-order valence-corrected chi connectivity index (χ0v) is 25.3. The molecule has 212 valence electrons. The van der Waals surface area contributed by atoms with E-state index in [0.717, 1.165) is 70.0 Å². The number of halogens is 1. The predicted molar refractivity (Wildman–Crippen MR) is 167 cm³/mol. The number of aromatic nitrogens is 2. The first kappa shape index (κ1) is 28.7. The van der Waals surface area contributed by atoms with Gasteiger partial charge >= 0.3 is 0 Å². The van der Waals surface area contributed by atoms with Crippen LogP contribution in [0.3, 0.4) is 0 Å². The number of amides is 2. The highest BCUT2D eigenvalue weighted by Crippen LogP contribution is 2.50. The van der Waals surface area contributed by atoms with Gasteiger partial charge in [-0.1, -0.05) is 66.9 Å². The fourth-order valence-electron chi connectivity index (χ4n) is 6.27. The fourth-order valence-corrected chi connectivity index (χ4v) is 7.00. The van der Waals surface area contributed by atoms with E-state index in [9.17, 15) is 14.4 Å². The number of benzene rings is 3. The molecule has 7 nitrogen and oxygen atoms in total. The normalized spacial score (nSPS) is 15.0. The Labute approximate surface area is 249 Å². The van der Waals surface area contributed by atoms with E-state index < -0.39 is 5.41 Å². The number of carbonyl (C=O) groups is 3. The number of fused-ring (bicyclic) bond motifs is 3. The van der Waals surface area contributed by atoms with Crippen LogP contribution in [0, 0.1) is 0 Å². The maximum absolute atomic E-state index is 13.7. The zero-order chi connectivity index (χ0) is 29.1. The lowest BCUT2D eigenvalue weighted by Gasteiger charge is -2.29. The SMILES string of the molecule is CC(=O)c1ccc2[nH]ncc2c1.CCCC1(CCC)C(=O)N(CC(=O)N2CCc3ccccc32)c2cccc(Br)c21. The lowest BCUT2D eigenvalue weighted by atomic mass is 9.74. The number of ketones is 1. The van der Waals surface area contributed by atoms with E-state index in [1.165, 1.54) is 5.56 Å². The van der Waals surface area contributed by atoms with Crippen molar-refractivity contribution in [2.24, 2.45) is 0 Å². The Kier molecular flexibility index (Phi) is 8.40. The Bertz CT molecular complexity index is 1610. The molecular formula is C33H35BrN4O3. The monoisotopic (exact) mass is 614 g/mol. The van der Waals surface area contributed by atoms with Gasteiger partial charge in [-0.25, -0.2) is 0 Å². The van der Waals surface area contributed by atoms with Crippen molar-refractivity contribution in [2.45, 2.75) is 58.3 Å². The summed E-state index contributed by atoms with van der Waals surface area (Å²) in [6.45, 7) is 6.57. The quantitative estimate of drug-likeness (QED) is 0.227. The highest BCUT2D eigenvalue weighted by atomic mass is 79.9. The molecule has 0 saturated carbocycles. The molecule has 2 aliphatic rings. The minimum absolute atomic E-state index is 0.0157. The highest BCUT2D eigenvalue weighted by Gasteiger charge is 2.51. The number of para-hydroxylation sites is 1. The predicted octanol–water partition coefficient (Wildman–Crippen LogP) is 6.99. The Morgan fingerprint density at radius 3 is 2.46 bits per heavy atom. The summed E-state index contributed by atoms with van der Waals surface area (Å²) < 4.78 is 0.965. The van der Waals surface area contributed by atoms with Gasteiger partial charge < -0.3 is 9.80 Å². The molecule has 1 N–H and O–H groups in total. The van der Waals surface area contributed by atoms with Gasteiger partial charge in [-0.2, -0.15) is 5.10 Å². The van der Waals surface area contributed by atoms with Crippen LogP contribution in [0.25, 0.3) is 10.9 Å². The van der Waals surface area contributed by atoms with Gasteiger partial charge in [-0.05, 0) is 68.1 Å². The van der Waals surface area contributed by atoms with Crippen LogP contribution in [0.15, 0.2) is 71.3 Å². The van der Waals surface area contributed by atoms with E-state index >= 15 is 0 Å². The molecule has 0 unspecified atom stereocenters. The Hall–Kier alpha value is -3.78. The number of H-pyrrole nitrogens is 1. The average molecular weight is 616 g/mol. The second kappa shape index (κ2) is 12.0. The largest absolute Gasteiger partial charge is 0.310 e. The minimum Gasteiger partial charge on any atom is -0.310 e. The maximum Gasteiger partial charge on any atom is 0.247 e. The van der Waals surface area contributed by atoms with Crippen molar-refractivity contribution in [3.8, 4) is 0 Å². The van der Waals surface area contributed by atoms with Crippen molar-refractivity contribution in [3.63, 3.8) is 0 Å². The summed E-state index contributed by atoms with van der Waals surface area (Å²) in [4.78, 5) is 41.5. The van der Waals surface area contributed by atoms with Gasteiger partial charge in [0.05, 0.1) is 17.1 Å². The van der Waals surface area contributed by atoms with Crippen LogP contribution < -0.4 is 9.80 Å². The van der Waals surface area contributed by atoms with Crippen molar-refractivity contribution >= 4 is 55.8 Å². The van der Waals surface area contributed by atoms with Crippen LogP contribution in [0.1, 0.15) is 67.9 Å². The van der Waals surface area contributed by atoms with Crippen LogP contribution in [0.2, 0.25) is 0 Å². The molecule has 2 amide bonds. The Morgan fingerprint density at radius 1 is 1.00 bits per heavy atom. The van der Waals surface area contributed by atoms with Crippen LogP contribution >= 0.6 is 15.9 Å². The molecule has 1 aromatic heterocycles. The first-order valence-corrected chi connectivity index (χ1v) is 15.0. The molecule has 3 heterocycles. The smallest absolute Gasteiger partial charge is 0.247 e. The van der Waals surface area contributed by atoms with Gasteiger partial charge in [0.2, 0.25) is 11.8 Å². The summed E-state index contributed by atoms with van der Waals surface area (Å²) in [7, 11) is 0. The number of hydrogen-bond donors (Lipinski definition) is 1. The molecule has 6 rings (SSSR count). The standard InChI is InChI=1S/C24H27BrN2O2.C9H8N2O/c1-3-13-24(14-4-2)22-18(25)9-7-11-20(22)27(23(24)29)16-21(28)26-15-12-17-8-5-6-10-19(17)26;1-6(12)7-2-3-9-8(4-7)5-10-11-9/h5-11H,3-4,12-16H2,1-2H3;2-5H,1H3,(H,10,11). The van der Waals surface area contributed by atoms with Crippen molar-refractivity contribution in [1.82, 2.24) is 10.2 Å². The molecule has 3 aromatic carbocycles. The second-order valence-electron chi connectivity index (χ2n) is 10.8. The highest BCUT2D eigenvalue weighted by molar-refractivity contribution is 9.10. The molecule has 0 saturated heterocycles. The number of hydrogen-bond acceptors (Lipinski definition) is 4. The lowest BCUT2D eigenvalue weighted by Crippen LogP contribution is -2.46. The third kappa shape index (κ3) is 5.33. The number of nitrogens with zero attached hydrogens (tertiary/aromatic N) is 3. The van der Waals surface area contributed by atoms with Gasteiger partial charge in [0.25, 0.3) is 0 Å². The number of aromatic amines is 1. The maximum atomic E-state index is 13.7. The van der Waals surface area contributed by atoms with E-state index in [-0.39, 0.29) is 24.1 Å². The summed E-state index contributed by atoms with van der Waals surface area (Å²) in [5.41, 5.74) is 5.26. The van der Waals surface area contributed by atoms with Crippen molar-refractivity contribution < 1.29 is 14.4 Å². The number of Topliss-reactive ketones (excluding diaryl/α,β-unsaturated/α-hetero) is 1. The van der Waals surface area contributed by atoms with Crippen LogP contribution in [0.5, 0.6) is 0 Å². The van der Waals surface area contributed by atoms with Gasteiger partial charge in [-0.3, -0.25) is 19.5 Å². The van der Waals surface area contributed by atoms with E-state index in [1.54, 1.807) is 24.1 Å². The van der Waals surface area contributed by atoms with E-state index in [0.29, 0.717) is 6.54 Å². The number of anilines is 2. The molecule has 0 atom stereocenters. The van der Waals surface area contributed by atoms with Gasteiger partial charge in [-0.15, -0.1) is 0 Å². The van der Waals surface area contributed by atoms with Crippen molar-refractivity contribution in [1.29, 1.82) is 0 Å². The summed E-state index contributed by atoms with van der Waals surface area (Å²) in [5.74, 6) is 0.139. The van der Waals surface area contributed by atoms with Crippen LogP contribution in [-0.4, -0.2) is 40.9 Å². The molecule has 0 fully saturated rings. The van der Waals surface area contributed by atoms with Crippen LogP contribution in [0.4, 0.5) is 11.4 Å². The molecule has 0 aliphatic carbocycles. The topological polar surface area (TPSA) is 86.4 Å². The lowest BCUT2D eigenvalue weighted by molar-refractivity contribution is -0.126.